The zero-order chi connectivity index (χ0) is 19.2. The van der Waals surface area contributed by atoms with Crippen LogP contribution in [0.1, 0.15) is 21.7 Å². The predicted octanol–water partition coefficient (Wildman–Crippen LogP) is 0.822. The van der Waals surface area contributed by atoms with E-state index in [2.05, 4.69) is 21.0 Å². The van der Waals surface area contributed by atoms with E-state index in [4.69, 9.17) is 4.74 Å². The molecule has 144 valence electrons. The fourth-order valence-corrected chi connectivity index (χ4v) is 2.89. The Bertz CT molecular complexity index is 782. The van der Waals surface area contributed by atoms with E-state index >= 15 is 0 Å². The van der Waals surface area contributed by atoms with Crippen molar-refractivity contribution in [3.63, 3.8) is 0 Å². The lowest BCUT2D eigenvalue weighted by molar-refractivity contribution is 0.0931. The molecule has 3 rings (SSSR count). The summed E-state index contributed by atoms with van der Waals surface area (Å²) in [6.45, 7) is 1.69. The summed E-state index contributed by atoms with van der Waals surface area (Å²) in [5, 5.41) is 12.6. The summed E-state index contributed by atoms with van der Waals surface area (Å²) in [5.74, 6) is -0.550. The molecule has 0 radical (unpaired) electrons. The van der Waals surface area contributed by atoms with Crippen LogP contribution < -0.4 is 16.0 Å². The van der Waals surface area contributed by atoms with Crippen LogP contribution in [0.3, 0.4) is 0 Å². The Morgan fingerprint density at radius 3 is 2.78 bits per heavy atom. The van der Waals surface area contributed by atoms with Gasteiger partial charge in [-0.05, 0) is 23.8 Å². The smallest absolute Gasteiger partial charge is 0.315 e. The molecule has 2 aromatic rings. The van der Waals surface area contributed by atoms with E-state index in [-0.39, 0.29) is 23.8 Å². The number of rotatable bonds is 7. The number of hydrogen-bond acceptors (Lipinski definition) is 4. The fraction of sp³-hybridized carbons (Fsp3) is 0.389. The zero-order valence-electron chi connectivity index (χ0n) is 15.0. The Kier molecular flexibility index (Phi) is 6.02. The molecule has 2 heterocycles. The lowest BCUT2D eigenvalue weighted by Crippen LogP contribution is -2.42. The van der Waals surface area contributed by atoms with Crippen molar-refractivity contribution in [1.82, 2.24) is 25.7 Å². The van der Waals surface area contributed by atoms with Crippen LogP contribution in [0.4, 0.5) is 9.18 Å². The van der Waals surface area contributed by atoms with Crippen molar-refractivity contribution in [3.8, 4) is 0 Å². The molecule has 0 unspecified atom stereocenters. The normalized spacial score (nSPS) is 15.3. The molecular weight excluding hydrogens is 353 g/mol. The molecule has 1 aliphatic heterocycles. The highest BCUT2D eigenvalue weighted by Crippen LogP contribution is 2.16. The molecule has 1 atom stereocenters. The first kappa shape index (κ1) is 18.8. The molecule has 1 aliphatic rings. The molecule has 0 aliphatic carbocycles. The number of carbonyl (C=O) groups is 2. The van der Waals surface area contributed by atoms with Crippen LogP contribution in [0.15, 0.2) is 30.3 Å². The number of aromatic nitrogens is 2. The SMILES string of the molecule is COCCNC(=O)c1cc2n(n1)C[C@@H](NC(=O)NCc1ccc(F)cc1)C2. The van der Waals surface area contributed by atoms with Crippen molar-refractivity contribution in [2.75, 3.05) is 20.3 Å². The van der Waals surface area contributed by atoms with Crippen molar-refractivity contribution in [2.24, 2.45) is 0 Å². The zero-order valence-corrected chi connectivity index (χ0v) is 15.0. The molecule has 3 N–H and O–H groups in total. The summed E-state index contributed by atoms with van der Waals surface area (Å²) in [5.41, 5.74) is 2.08. The topological polar surface area (TPSA) is 97.3 Å². The first-order valence-corrected chi connectivity index (χ1v) is 8.68. The van der Waals surface area contributed by atoms with Crippen LogP contribution >= 0.6 is 0 Å². The summed E-state index contributed by atoms with van der Waals surface area (Å²) in [4.78, 5) is 24.0. The van der Waals surface area contributed by atoms with E-state index in [1.807, 2.05) is 0 Å². The van der Waals surface area contributed by atoms with Gasteiger partial charge in [-0.25, -0.2) is 9.18 Å². The van der Waals surface area contributed by atoms with Gasteiger partial charge in [0.15, 0.2) is 0 Å². The van der Waals surface area contributed by atoms with Crippen molar-refractivity contribution in [2.45, 2.75) is 25.6 Å². The number of nitrogens with one attached hydrogen (secondary N) is 3. The van der Waals surface area contributed by atoms with Gasteiger partial charge in [-0.2, -0.15) is 5.10 Å². The fourth-order valence-electron chi connectivity index (χ4n) is 2.89. The summed E-state index contributed by atoms with van der Waals surface area (Å²) < 4.78 is 19.5. The number of halogens is 1. The highest BCUT2D eigenvalue weighted by atomic mass is 19.1. The van der Waals surface area contributed by atoms with Gasteiger partial charge in [-0.1, -0.05) is 12.1 Å². The third kappa shape index (κ3) is 5.04. The average Bonchev–Trinajstić information content (AvgIpc) is 3.20. The van der Waals surface area contributed by atoms with E-state index in [9.17, 15) is 14.0 Å². The summed E-state index contributed by atoms with van der Waals surface area (Å²) in [6, 6.07) is 7.31. The van der Waals surface area contributed by atoms with E-state index in [1.165, 1.54) is 12.1 Å². The summed E-state index contributed by atoms with van der Waals surface area (Å²) in [6.07, 6.45) is 0.600. The maximum Gasteiger partial charge on any atom is 0.315 e. The minimum absolute atomic E-state index is 0.0914. The van der Waals surface area contributed by atoms with Gasteiger partial charge in [-0.15, -0.1) is 0 Å². The van der Waals surface area contributed by atoms with E-state index < -0.39 is 0 Å². The Hall–Kier alpha value is -2.94. The van der Waals surface area contributed by atoms with Crippen molar-refractivity contribution < 1.29 is 18.7 Å². The van der Waals surface area contributed by atoms with Gasteiger partial charge in [0.2, 0.25) is 0 Å². The number of ether oxygens (including phenoxy) is 1. The first-order valence-electron chi connectivity index (χ1n) is 8.68. The molecule has 0 spiro atoms. The van der Waals surface area contributed by atoms with Crippen LogP contribution in [0.2, 0.25) is 0 Å². The van der Waals surface area contributed by atoms with Crippen LogP contribution in [0.5, 0.6) is 0 Å². The molecule has 1 aromatic heterocycles. The van der Waals surface area contributed by atoms with Gasteiger partial charge in [-0.3, -0.25) is 9.48 Å². The maximum atomic E-state index is 12.9. The molecular formula is C18H22FN5O3. The third-order valence-electron chi connectivity index (χ3n) is 4.24. The molecule has 9 heteroatoms. The minimum Gasteiger partial charge on any atom is -0.383 e. The quantitative estimate of drug-likeness (QED) is 0.624. The van der Waals surface area contributed by atoms with Gasteiger partial charge >= 0.3 is 6.03 Å². The van der Waals surface area contributed by atoms with E-state index in [1.54, 1.807) is 30.0 Å². The van der Waals surface area contributed by atoms with Crippen molar-refractivity contribution in [3.05, 3.63) is 53.1 Å². The molecule has 0 bridgehead atoms. The number of carbonyl (C=O) groups excluding carboxylic acids is 2. The van der Waals surface area contributed by atoms with Gasteiger partial charge in [0, 0.05) is 32.3 Å². The Balaban J connectivity index is 1.44. The van der Waals surface area contributed by atoms with Gasteiger partial charge < -0.3 is 20.7 Å². The van der Waals surface area contributed by atoms with Crippen molar-refractivity contribution in [1.29, 1.82) is 0 Å². The van der Waals surface area contributed by atoms with Crippen LogP contribution in [-0.4, -0.2) is 48.0 Å². The number of fused-ring (bicyclic) bond motifs is 1. The molecule has 3 amide bonds. The minimum atomic E-state index is -0.310. The van der Waals surface area contributed by atoms with Crippen molar-refractivity contribution >= 4 is 11.9 Å². The number of urea groups is 1. The molecule has 0 saturated heterocycles. The van der Waals surface area contributed by atoms with E-state index in [0.29, 0.717) is 38.4 Å². The predicted molar refractivity (Wildman–Crippen MR) is 95.7 cm³/mol. The highest BCUT2D eigenvalue weighted by Gasteiger charge is 2.26. The number of methoxy groups -OCH3 is 1. The molecule has 0 saturated carbocycles. The lowest BCUT2D eigenvalue weighted by Gasteiger charge is -2.13. The van der Waals surface area contributed by atoms with Gasteiger partial charge in [0.05, 0.1) is 19.2 Å². The summed E-state index contributed by atoms with van der Waals surface area (Å²) >= 11 is 0. The Morgan fingerprint density at radius 1 is 1.30 bits per heavy atom. The second kappa shape index (κ2) is 8.63. The average molecular weight is 375 g/mol. The number of benzene rings is 1. The van der Waals surface area contributed by atoms with Crippen LogP contribution in [-0.2, 0) is 24.2 Å². The number of nitrogens with zero attached hydrogens (tertiary/aromatic N) is 2. The standard InChI is InChI=1S/C18H22FN5O3/c1-27-7-6-20-17(25)16-9-15-8-14(11-24(15)23-16)22-18(26)21-10-12-2-4-13(19)5-3-12/h2-5,9,14H,6-8,10-11H2,1H3,(H,20,25)(H2,21,22,26)/t14-/m0/s1. The Morgan fingerprint density at radius 2 is 2.07 bits per heavy atom. The van der Waals surface area contributed by atoms with Gasteiger partial charge in [0.1, 0.15) is 11.5 Å². The largest absolute Gasteiger partial charge is 0.383 e. The lowest BCUT2D eigenvalue weighted by atomic mass is 10.2. The third-order valence-corrected chi connectivity index (χ3v) is 4.24. The van der Waals surface area contributed by atoms with Crippen LogP contribution in [0.25, 0.3) is 0 Å². The maximum absolute atomic E-state index is 12.9. The first-order chi connectivity index (χ1) is 13.0. The highest BCUT2D eigenvalue weighted by molar-refractivity contribution is 5.92. The molecule has 1 aromatic carbocycles. The Labute approximate surface area is 156 Å². The molecule has 27 heavy (non-hydrogen) atoms. The molecule has 8 nitrogen and oxygen atoms in total. The van der Waals surface area contributed by atoms with E-state index in [0.717, 1.165) is 11.3 Å². The number of hydrogen-bond donors (Lipinski definition) is 3. The summed E-state index contributed by atoms with van der Waals surface area (Å²) in [7, 11) is 1.57. The number of amides is 3. The molecule has 0 fully saturated rings. The van der Waals surface area contributed by atoms with Gasteiger partial charge in [0.25, 0.3) is 5.91 Å². The van der Waals surface area contributed by atoms with Crippen LogP contribution in [0, 0.1) is 5.82 Å². The second-order valence-corrected chi connectivity index (χ2v) is 6.31. The monoisotopic (exact) mass is 375 g/mol. The second-order valence-electron chi connectivity index (χ2n) is 6.31.